The van der Waals surface area contributed by atoms with Crippen molar-refractivity contribution in [2.45, 2.75) is 117 Å². The van der Waals surface area contributed by atoms with E-state index in [1.165, 1.54) is 30.4 Å². The summed E-state index contributed by atoms with van der Waals surface area (Å²) in [4.78, 5) is 28.4. The monoisotopic (exact) mass is 533 g/mol. The molecule has 1 saturated carbocycles. The van der Waals surface area contributed by atoms with Gasteiger partial charge in [-0.05, 0) is 118 Å². The quantitative estimate of drug-likeness (QED) is 0.459. The summed E-state index contributed by atoms with van der Waals surface area (Å²) in [5, 5.41) is 10.5. The van der Waals surface area contributed by atoms with E-state index in [1.54, 1.807) is 0 Å². The summed E-state index contributed by atoms with van der Waals surface area (Å²) in [7, 11) is 0. The van der Waals surface area contributed by atoms with E-state index in [2.05, 4.69) is 24.8 Å². The van der Waals surface area contributed by atoms with Crippen LogP contribution in [0.15, 0.2) is 12.1 Å². The molecule has 0 bridgehead atoms. The maximum absolute atomic E-state index is 13.5. The van der Waals surface area contributed by atoms with Crippen molar-refractivity contribution >= 4 is 11.9 Å². The summed E-state index contributed by atoms with van der Waals surface area (Å²) in [5.41, 5.74) is 8.38. The zero-order chi connectivity index (χ0) is 28.1. The van der Waals surface area contributed by atoms with Gasteiger partial charge in [-0.1, -0.05) is 25.3 Å². The summed E-state index contributed by atoms with van der Waals surface area (Å²) in [5.74, 6) is 0.0612. The zero-order valence-electron chi connectivity index (χ0n) is 24.4. The number of carbonyl (C=O) groups excluding carboxylic acids is 1. The maximum Gasteiger partial charge on any atom is 0.337 e. The van der Waals surface area contributed by atoms with Gasteiger partial charge in [0.15, 0.2) is 6.10 Å². The Kier molecular flexibility index (Phi) is 7.53. The van der Waals surface area contributed by atoms with Gasteiger partial charge in [0.2, 0.25) is 5.91 Å². The van der Waals surface area contributed by atoms with Crippen molar-refractivity contribution in [3.63, 3.8) is 0 Å². The molecule has 1 aliphatic carbocycles. The van der Waals surface area contributed by atoms with Crippen LogP contribution in [-0.2, 0) is 33.7 Å². The third kappa shape index (κ3) is 5.20. The first kappa shape index (κ1) is 27.7. The topological polar surface area (TPSA) is 76.1 Å². The van der Waals surface area contributed by atoms with Crippen LogP contribution < -0.4 is 4.74 Å². The molecule has 0 radical (unpaired) electrons. The first-order valence-corrected chi connectivity index (χ1v) is 14.6. The SMILES string of the molecule is Cc1c(-c2c(C)c3c(c(C)c2[C@H](OC(C)(C)C)C(=O)O)CC(=O)N(C2CCCCC2)C3)ccc2c1CCCO2. The number of hydrogen-bond acceptors (Lipinski definition) is 4. The first-order valence-electron chi connectivity index (χ1n) is 14.6. The number of carboxylic acids is 1. The van der Waals surface area contributed by atoms with E-state index in [9.17, 15) is 14.7 Å². The smallest absolute Gasteiger partial charge is 0.337 e. The van der Waals surface area contributed by atoms with E-state index in [1.807, 2.05) is 33.8 Å². The molecule has 0 aromatic heterocycles. The predicted molar refractivity (Wildman–Crippen MR) is 152 cm³/mol. The lowest BCUT2D eigenvalue weighted by Crippen LogP contribution is -2.45. The Morgan fingerprint density at radius 2 is 1.72 bits per heavy atom. The van der Waals surface area contributed by atoms with E-state index >= 15 is 0 Å². The number of amides is 1. The van der Waals surface area contributed by atoms with Crippen molar-refractivity contribution in [1.82, 2.24) is 4.90 Å². The molecule has 1 N–H and O–H groups in total. The summed E-state index contributed by atoms with van der Waals surface area (Å²) >= 11 is 0. The minimum Gasteiger partial charge on any atom is -0.493 e. The molecule has 5 rings (SSSR count). The summed E-state index contributed by atoms with van der Waals surface area (Å²) in [6, 6.07) is 4.41. The van der Waals surface area contributed by atoms with Gasteiger partial charge in [0.1, 0.15) is 5.75 Å². The zero-order valence-corrected chi connectivity index (χ0v) is 24.4. The molecule has 1 amide bonds. The molecule has 2 heterocycles. The fourth-order valence-electron chi connectivity index (χ4n) is 6.99. The van der Waals surface area contributed by atoms with E-state index in [4.69, 9.17) is 9.47 Å². The molecular weight excluding hydrogens is 490 g/mol. The highest BCUT2D eigenvalue weighted by Gasteiger charge is 2.38. The van der Waals surface area contributed by atoms with Gasteiger partial charge in [0, 0.05) is 18.2 Å². The highest BCUT2D eigenvalue weighted by atomic mass is 16.5. The number of carboxylic acid groups (broad SMARTS) is 1. The molecule has 6 nitrogen and oxygen atoms in total. The number of fused-ring (bicyclic) bond motifs is 2. The van der Waals surface area contributed by atoms with E-state index in [-0.39, 0.29) is 5.91 Å². The minimum atomic E-state index is -1.15. The van der Waals surface area contributed by atoms with Crippen LogP contribution in [0.3, 0.4) is 0 Å². The highest BCUT2D eigenvalue weighted by Crippen LogP contribution is 2.46. The number of carbonyl (C=O) groups is 2. The maximum atomic E-state index is 13.5. The summed E-state index contributed by atoms with van der Waals surface area (Å²) in [6.07, 6.45) is 6.78. The Morgan fingerprint density at radius 3 is 2.38 bits per heavy atom. The summed E-state index contributed by atoms with van der Waals surface area (Å²) < 4.78 is 12.2. The van der Waals surface area contributed by atoms with Gasteiger partial charge in [-0.15, -0.1) is 0 Å². The lowest BCUT2D eigenvalue weighted by Gasteiger charge is -2.40. The van der Waals surface area contributed by atoms with Gasteiger partial charge < -0.3 is 19.5 Å². The van der Waals surface area contributed by atoms with Crippen molar-refractivity contribution < 1.29 is 24.2 Å². The normalized spacial score (nSPS) is 18.8. The van der Waals surface area contributed by atoms with Crippen molar-refractivity contribution in [2.75, 3.05) is 6.61 Å². The van der Waals surface area contributed by atoms with Gasteiger partial charge in [-0.3, -0.25) is 4.79 Å². The van der Waals surface area contributed by atoms with Gasteiger partial charge in [0.25, 0.3) is 0 Å². The first-order chi connectivity index (χ1) is 18.5. The van der Waals surface area contributed by atoms with E-state index < -0.39 is 17.7 Å². The molecule has 0 spiro atoms. The van der Waals surface area contributed by atoms with Crippen LogP contribution in [0.1, 0.15) is 104 Å². The van der Waals surface area contributed by atoms with Gasteiger partial charge in [-0.2, -0.15) is 0 Å². The van der Waals surface area contributed by atoms with E-state index in [0.717, 1.165) is 71.4 Å². The Hall–Kier alpha value is -2.86. The molecule has 1 fully saturated rings. The Morgan fingerprint density at radius 1 is 1.00 bits per heavy atom. The van der Waals surface area contributed by atoms with Crippen molar-refractivity contribution in [1.29, 1.82) is 0 Å². The molecule has 2 aromatic carbocycles. The fraction of sp³-hybridized carbons (Fsp3) is 0.576. The molecule has 2 aromatic rings. The molecule has 0 unspecified atom stereocenters. The number of nitrogens with zero attached hydrogens (tertiary/aromatic N) is 1. The molecule has 2 aliphatic heterocycles. The molecule has 1 atom stereocenters. The molecule has 6 heteroatoms. The van der Waals surface area contributed by atoms with Gasteiger partial charge in [-0.25, -0.2) is 4.79 Å². The Labute approximate surface area is 232 Å². The molecular formula is C33H43NO5. The van der Waals surface area contributed by atoms with E-state index in [0.29, 0.717) is 24.6 Å². The average molecular weight is 534 g/mol. The standard InChI is InChI=1S/C33H43NO5/c1-19-23-13-10-16-38-27(23)15-14-24(19)29-21(3)26-18-34(22-11-8-7-9-12-22)28(35)17-25(26)20(2)30(29)31(32(36)37)39-33(4,5)6/h14-15,22,31H,7-13,16-18H2,1-6H3,(H,36,37)/t31-/m0/s1. The second kappa shape index (κ2) is 10.6. The number of benzene rings is 2. The van der Waals surface area contributed by atoms with Crippen LogP contribution in [0.4, 0.5) is 0 Å². The number of ether oxygens (including phenoxy) is 2. The molecule has 210 valence electrons. The van der Waals surface area contributed by atoms with Crippen LogP contribution in [0.2, 0.25) is 0 Å². The average Bonchev–Trinajstić information content (AvgIpc) is 2.90. The number of aliphatic carboxylic acids is 1. The molecule has 39 heavy (non-hydrogen) atoms. The van der Waals surface area contributed by atoms with Gasteiger partial charge >= 0.3 is 5.97 Å². The highest BCUT2D eigenvalue weighted by molar-refractivity contribution is 5.88. The van der Waals surface area contributed by atoms with Crippen molar-refractivity contribution in [2.24, 2.45) is 0 Å². The Bertz CT molecular complexity index is 1300. The third-order valence-corrected chi connectivity index (χ3v) is 8.92. The second-order valence-corrected chi connectivity index (χ2v) is 12.6. The Balaban J connectivity index is 1.74. The van der Waals surface area contributed by atoms with Crippen molar-refractivity contribution in [3.8, 4) is 16.9 Å². The summed E-state index contributed by atoms with van der Waals surface area (Å²) in [6.45, 7) is 13.2. The van der Waals surface area contributed by atoms with Crippen LogP contribution in [-0.4, -0.2) is 40.1 Å². The van der Waals surface area contributed by atoms with Gasteiger partial charge in [0.05, 0.1) is 18.6 Å². The van der Waals surface area contributed by atoms with Crippen LogP contribution in [0, 0.1) is 20.8 Å². The lowest BCUT2D eigenvalue weighted by atomic mass is 9.78. The second-order valence-electron chi connectivity index (χ2n) is 12.6. The third-order valence-electron chi connectivity index (χ3n) is 8.92. The minimum absolute atomic E-state index is 0.154. The fourth-order valence-corrected chi connectivity index (χ4v) is 6.99. The van der Waals surface area contributed by atoms with Crippen molar-refractivity contribution in [3.05, 3.63) is 51.1 Å². The predicted octanol–water partition coefficient (Wildman–Crippen LogP) is 6.76. The molecule has 0 saturated heterocycles. The number of hydrogen-bond donors (Lipinski definition) is 1. The van der Waals surface area contributed by atoms with Crippen LogP contribution in [0.5, 0.6) is 5.75 Å². The van der Waals surface area contributed by atoms with Crippen LogP contribution in [0.25, 0.3) is 11.1 Å². The number of rotatable bonds is 5. The van der Waals surface area contributed by atoms with Crippen LogP contribution >= 0.6 is 0 Å². The molecule has 3 aliphatic rings. The lowest BCUT2D eigenvalue weighted by molar-refractivity contribution is -0.160. The largest absolute Gasteiger partial charge is 0.493 e.